The molecule has 114 valence electrons. The predicted molar refractivity (Wildman–Crippen MR) is 83.3 cm³/mol. The predicted octanol–water partition coefficient (Wildman–Crippen LogP) is 3.32. The largest absolute Gasteiger partial charge is 0.395 e. The zero-order chi connectivity index (χ0) is 15.1. The van der Waals surface area contributed by atoms with Crippen molar-refractivity contribution in [2.24, 2.45) is 0 Å². The van der Waals surface area contributed by atoms with Gasteiger partial charge in [0, 0.05) is 24.6 Å². The summed E-state index contributed by atoms with van der Waals surface area (Å²) in [6, 6.07) is 5.51. The first-order chi connectivity index (χ1) is 10.2. The van der Waals surface area contributed by atoms with E-state index in [1.165, 1.54) is 37.8 Å². The van der Waals surface area contributed by atoms with Gasteiger partial charge in [0.05, 0.1) is 6.61 Å². The molecule has 0 aliphatic heterocycles. The van der Waals surface area contributed by atoms with Gasteiger partial charge in [-0.15, -0.1) is 0 Å². The van der Waals surface area contributed by atoms with Gasteiger partial charge in [-0.25, -0.2) is 4.39 Å². The standard InChI is InChI=1S/C18H24FNO/c1-2-20(18-8-3-4-9-18)14-16-10-11-17(19)13-15(16)7-5-6-12-21/h10-11,13,18,21H,2-4,6,8-9,12,14H2,1H3. The lowest BCUT2D eigenvalue weighted by molar-refractivity contribution is 0.200. The highest BCUT2D eigenvalue weighted by atomic mass is 19.1. The number of benzene rings is 1. The topological polar surface area (TPSA) is 23.5 Å². The molecule has 3 heteroatoms. The lowest BCUT2D eigenvalue weighted by Gasteiger charge is -2.27. The van der Waals surface area contributed by atoms with Gasteiger partial charge >= 0.3 is 0 Å². The Bertz CT molecular complexity index is 512. The summed E-state index contributed by atoms with van der Waals surface area (Å²) < 4.78 is 13.4. The Kier molecular flexibility index (Phi) is 6.22. The minimum absolute atomic E-state index is 0.0425. The van der Waals surface area contributed by atoms with Gasteiger partial charge in [-0.05, 0) is 37.1 Å². The molecular weight excluding hydrogens is 265 g/mol. The summed E-state index contributed by atoms with van der Waals surface area (Å²) in [6.45, 7) is 4.05. The van der Waals surface area contributed by atoms with Crippen LogP contribution in [0, 0.1) is 17.7 Å². The summed E-state index contributed by atoms with van der Waals surface area (Å²) >= 11 is 0. The van der Waals surface area contributed by atoms with E-state index in [1.54, 1.807) is 0 Å². The minimum atomic E-state index is -0.254. The number of hydrogen-bond donors (Lipinski definition) is 1. The number of nitrogens with zero attached hydrogens (tertiary/aromatic N) is 1. The van der Waals surface area contributed by atoms with E-state index in [-0.39, 0.29) is 12.4 Å². The number of rotatable bonds is 5. The van der Waals surface area contributed by atoms with Crippen LogP contribution in [-0.4, -0.2) is 29.2 Å². The van der Waals surface area contributed by atoms with Crippen LogP contribution in [-0.2, 0) is 6.54 Å². The summed E-state index contributed by atoms with van der Waals surface area (Å²) in [6.07, 6.45) is 5.58. The average molecular weight is 289 g/mol. The highest BCUT2D eigenvalue weighted by Gasteiger charge is 2.21. The Morgan fingerprint density at radius 2 is 2.10 bits per heavy atom. The zero-order valence-corrected chi connectivity index (χ0v) is 12.7. The van der Waals surface area contributed by atoms with Crippen LogP contribution in [0.4, 0.5) is 4.39 Å². The van der Waals surface area contributed by atoms with Crippen LogP contribution in [0.2, 0.25) is 0 Å². The van der Waals surface area contributed by atoms with E-state index in [2.05, 4.69) is 23.7 Å². The Labute approximate surface area is 127 Å². The summed E-state index contributed by atoms with van der Waals surface area (Å²) in [5, 5.41) is 8.81. The van der Waals surface area contributed by atoms with E-state index in [1.807, 2.05) is 6.07 Å². The van der Waals surface area contributed by atoms with Gasteiger partial charge < -0.3 is 5.11 Å². The molecule has 0 aromatic heterocycles. The Morgan fingerprint density at radius 3 is 2.76 bits per heavy atom. The Morgan fingerprint density at radius 1 is 1.33 bits per heavy atom. The lowest BCUT2D eigenvalue weighted by atomic mass is 10.1. The molecule has 1 aliphatic rings. The number of aliphatic hydroxyl groups excluding tert-OH is 1. The molecule has 1 aromatic rings. The molecule has 0 amide bonds. The normalized spacial score (nSPS) is 15.2. The summed E-state index contributed by atoms with van der Waals surface area (Å²) in [5.74, 6) is 5.64. The molecule has 1 aliphatic carbocycles. The molecule has 1 fully saturated rings. The SMILES string of the molecule is CCN(Cc1ccc(F)cc1C#CCCO)C1CCCC1. The van der Waals surface area contributed by atoms with Gasteiger partial charge in [-0.3, -0.25) is 4.90 Å². The second kappa shape index (κ2) is 8.17. The number of halogens is 1. The molecule has 2 nitrogen and oxygen atoms in total. The number of hydrogen-bond acceptors (Lipinski definition) is 2. The van der Waals surface area contributed by atoms with E-state index >= 15 is 0 Å². The van der Waals surface area contributed by atoms with Crippen LogP contribution in [0.3, 0.4) is 0 Å². The molecule has 0 atom stereocenters. The van der Waals surface area contributed by atoms with Crippen LogP contribution in [0.15, 0.2) is 18.2 Å². The third-order valence-corrected chi connectivity index (χ3v) is 4.15. The van der Waals surface area contributed by atoms with E-state index < -0.39 is 0 Å². The molecule has 21 heavy (non-hydrogen) atoms. The van der Waals surface area contributed by atoms with Crippen LogP contribution in [0.25, 0.3) is 0 Å². The van der Waals surface area contributed by atoms with Gasteiger partial charge in [0.1, 0.15) is 5.82 Å². The fourth-order valence-electron chi connectivity index (χ4n) is 3.00. The van der Waals surface area contributed by atoms with Crippen LogP contribution in [0.5, 0.6) is 0 Å². The van der Waals surface area contributed by atoms with Crippen LogP contribution in [0.1, 0.15) is 50.2 Å². The minimum Gasteiger partial charge on any atom is -0.395 e. The van der Waals surface area contributed by atoms with Gasteiger partial charge in [0.15, 0.2) is 0 Å². The molecule has 2 rings (SSSR count). The third kappa shape index (κ3) is 4.56. The van der Waals surface area contributed by atoms with Gasteiger partial charge in [-0.1, -0.05) is 37.7 Å². The van der Waals surface area contributed by atoms with Crippen molar-refractivity contribution in [1.29, 1.82) is 0 Å². The van der Waals surface area contributed by atoms with E-state index in [4.69, 9.17) is 5.11 Å². The van der Waals surface area contributed by atoms with Crippen molar-refractivity contribution in [3.05, 3.63) is 35.1 Å². The molecular formula is C18H24FNO. The van der Waals surface area contributed by atoms with E-state index in [9.17, 15) is 4.39 Å². The third-order valence-electron chi connectivity index (χ3n) is 4.15. The summed E-state index contributed by atoms with van der Waals surface area (Å²) in [4.78, 5) is 2.47. The molecule has 0 saturated heterocycles. The molecule has 0 heterocycles. The maximum atomic E-state index is 13.4. The summed E-state index contributed by atoms with van der Waals surface area (Å²) in [7, 11) is 0. The Balaban J connectivity index is 2.16. The lowest BCUT2D eigenvalue weighted by Crippen LogP contribution is -2.32. The van der Waals surface area contributed by atoms with Gasteiger partial charge in [0.2, 0.25) is 0 Å². The first-order valence-corrected chi connectivity index (χ1v) is 7.86. The first kappa shape index (κ1) is 16.0. The zero-order valence-electron chi connectivity index (χ0n) is 12.7. The Hall–Kier alpha value is -1.37. The monoisotopic (exact) mass is 289 g/mol. The van der Waals surface area contributed by atoms with E-state index in [0.29, 0.717) is 12.5 Å². The second-order valence-corrected chi connectivity index (χ2v) is 5.58. The average Bonchev–Trinajstić information content (AvgIpc) is 3.01. The summed E-state index contributed by atoms with van der Waals surface area (Å²) in [5.41, 5.74) is 1.83. The maximum absolute atomic E-state index is 13.4. The first-order valence-electron chi connectivity index (χ1n) is 7.86. The van der Waals surface area contributed by atoms with Crippen molar-refractivity contribution in [2.75, 3.05) is 13.2 Å². The fourth-order valence-corrected chi connectivity index (χ4v) is 3.00. The highest BCUT2D eigenvalue weighted by molar-refractivity contribution is 5.41. The maximum Gasteiger partial charge on any atom is 0.124 e. The molecule has 1 N–H and O–H groups in total. The quantitative estimate of drug-likeness (QED) is 0.841. The molecule has 0 spiro atoms. The second-order valence-electron chi connectivity index (χ2n) is 5.58. The molecule has 1 saturated carbocycles. The highest BCUT2D eigenvalue weighted by Crippen LogP contribution is 2.25. The molecule has 0 bridgehead atoms. The van der Waals surface area contributed by atoms with Crippen molar-refractivity contribution in [1.82, 2.24) is 4.90 Å². The van der Waals surface area contributed by atoms with Crippen LogP contribution >= 0.6 is 0 Å². The number of aliphatic hydroxyl groups is 1. The smallest absolute Gasteiger partial charge is 0.124 e. The van der Waals surface area contributed by atoms with Gasteiger partial charge in [-0.2, -0.15) is 0 Å². The van der Waals surface area contributed by atoms with Crippen molar-refractivity contribution < 1.29 is 9.50 Å². The molecule has 1 aromatic carbocycles. The fraction of sp³-hybridized carbons (Fsp3) is 0.556. The molecule has 0 radical (unpaired) electrons. The van der Waals surface area contributed by atoms with Crippen molar-refractivity contribution in [3.8, 4) is 11.8 Å². The molecule has 0 unspecified atom stereocenters. The van der Waals surface area contributed by atoms with Crippen molar-refractivity contribution in [3.63, 3.8) is 0 Å². The van der Waals surface area contributed by atoms with Crippen molar-refractivity contribution >= 4 is 0 Å². The van der Waals surface area contributed by atoms with Gasteiger partial charge in [0.25, 0.3) is 0 Å². The van der Waals surface area contributed by atoms with E-state index in [0.717, 1.165) is 24.2 Å². The van der Waals surface area contributed by atoms with Crippen molar-refractivity contribution in [2.45, 2.75) is 51.6 Å². The van der Waals surface area contributed by atoms with Crippen LogP contribution < -0.4 is 0 Å².